The fourth-order valence-electron chi connectivity index (χ4n) is 1.87. The summed E-state index contributed by atoms with van der Waals surface area (Å²) in [5.41, 5.74) is 7.64. The Morgan fingerprint density at radius 2 is 2.47 bits per heavy atom. The molecule has 0 spiro atoms. The molecule has 0 aromatic carbocycles. The van der Waals surface area contributed by atoms with Crippen LogP contribution in [0.1, 0.15) is 17.4 Å². The smallest absolute Gasteiger partial charge is 0.243 e. The molecule has 1 aromatic rings. The molecule has 0 unspecified atom stereocenters. The average molecular weight is 238 g/mol. The van der Waals surface area contributed by atoms with Gasteiger partial charge in [-0.25, -0.2) is 0 Å². The van der Waals surface area contributed by atoms with E-state index in [4.69, 9.17) is 10.5 Å². The van der Waals surface area contributed by atoms with Gasteiger partial charge >= 0.3 is 0 Å². The third kappa shape index (κ3) is 2.48. The van der Waals surface area contributed by atoms with Crippen molar-refractivity contribution in [3.05, 3.63) is 17.5 Å². The Kier molecular flexibility index (Phi) is 3.44. The molecule has 1 atom stereocenters. The van der Waals surface area contributed by atoms with Crippen molar-refractivity contribution in [1.82, 2.24) is 14.7 Å². The van der Waals surface area contributed by atoms with Crippen molar-refractivity contribution in [3.63, 3.8) is 0 Å². The number of ether oxygens (including phenoxy) is 1. The van der Waals surface area contributed by atoms with E-state index in [0.717, 1.165) is 17.7 Å². The summed E-state index contributed by atoms with van der Waals surface area (Å²) in [5.74, 6) is 0.0232. The maximum absolute atomic E-state index is 11.6. The number of rotatable bonds is 3. The van der Waals surface area contributed by atoms with Gasteiger partial charge in [-0.1, -0.05) is 0 Å². The molecule has 6 heteroatoms. The zero-order chi connectivity index (χ0) is 12.4. The van der Waals surface area contributed by atoms with Gasteiger partial charge in [-0.2, -0.15) is 5.10 Å². The Labute approximate surface area is 100 Å². The number of hydrogen-bond acceptors (Lipinski definition) is 4. The van der Waals surface area contributed by atoms with Crippen molar-refractivity contribution in [1.29, 1.82) is 0 Å². The third-order valence-corrected chi connectivity index (χ3v) is 2.88. The van der Waals surface area contributed by atoms with E-state index in [1.54, 1.807) is 23.7 Å². The molecule has 6 nitrogen and oxygen atoms in total. The predicted octanol–water partition coefficient (Wildman–Crippen LogP) is -0.456. The summed E-state index contributed by atoms with van der Waals surface area (Å²) in [6, 6.07) is 0. The molecule has 1 aliphatic rings. The Morgan fingerprint density at radius 3 is 3.12 bits per heavy atom. The highest BCUT2D eigenvalue weighted by molar-refractivity contribution is 5.75. The van der Waals surface area contributed by atoms with Crippen LogP contribution in [-0.4, -0.2) is 47.8 Å². The van der Waals surface area contributed by atoms with Gasteiger partial charge in [0.2, 0.25) is 5.91 Å². The van der Waals surface area contributed by atoms with E-state index in [2.05, 4.69) is 5.10 Å². The molecule has 1 aromatic heterocycles. The predicted molar refractivity (Wildman–Crippen MR) is 62.4 cm³/mol. The third-order valence-electron chi connectivity index (χ3n) is 2.88. The van der Waals surface area contributed by atoms with Crippen LogP contribution in [0.2, 0.25) is 0 Å². The van der Waals surface area contributed by atoms with Crippen molar-refractivity contribution < 1.29 is 9.53 Å². The summed E-state index contributed by atoms with van der Waals surface area (Å²) < 4.78 is 7.19. The van der Waals surface area contributed by atoms with Crippen LogP contribution in [0.25, 0.3) is 0 Å². The molecule has 17 heavy (non-hydrogen) atoms. The molecule has 0 bridgehead atoms. The monoisotopic (exact) mass is 238 g/mol. The van der Waals surface area contributed by atoms with Gasteiger partial charge < -0.3 is 15.4 Å². The molecule has 94 valence electrons. The summed E-state index contributed by atoms with van der Waals surface area (Å²) in [5, 5.41) is 4.39. The van der Waals surface area contributed by atoms with Gasteiger partial charge in [-0.05, 0) is 12.0 Å². The highest BCUT2D eigenvalue weighted by atomic mass is 16.5. The van der Waals surface area contributed by atoms with Gasteiger partial charge in [0.05, 0.1) is 12.3 Å². The molecule has 0 saturated heterocycles. The quantitative estimate of drug-likeness (QED) is 0.773. The molecule has 1 aliphatic heterocycles. The number of amides is 1. The standard InChI is InChI=1S/C11H18N4O2/c1-14(2)10(16)7-15-6-8-3-4-17-9(5-12)11(8)13-15/h6,9H,3-5,7,12H2,1-2H3/t9-/m1/s1. The molecule has 0 saturated carbocycles. The number of likely N-dealkylation sites (N-methyl/N-ethyl adjacent to an activating group) is 1. The van der Waals surface area contributed by atoms with Crippen LogP contribution < -0.4 is 5.73 Å². The van der Waals surface area contributed by atoms with Crippen LogP contribution in [0.15, 0.2) is 6.20 Å². The van der Waals surface area contributed by atoms with E-state index in [1.165, 1.54) is 0 Å². The van der Waals surface area contributed by atoms with Crippen LogP contribution in [0.3, 0.4) is 0 Å². The highest BCUT2D eigenvalue weighted by Gasteiger charge is 2.23. The number of nitrogens with two attached hydrogens (primary N) is 1. The number of hydrogen-bond donors (Lipinski definition) is 1. The Bertz CT molecular complexity index is 414. The van der Waals surface area contributed by atoms with Crippen molar-refractivity contribution in [2.75, 3.05) is 27.2 Å². The second-order valence-corrected chi connectivity index (χ2v) is 4.37. The number of carbonyl (C=O) groups is 1. The van der Waals surface area contributed by atoms with E-state index in [0.29, 0.717) is 13.2 Å². The van der Waals surface area contributed by atoms with Crippen molar-refractivity contribution in [2.24, 2.45) is 5.73 Å². The van der Waals surface area contributed by atoms with E-state index in [9.17, 15) is 4.79 Å². The van der Waals surface area contributed by atoms with E-state index in [-0.39, 0.29) is 18.6 Å². The zero-order valence-corrected chi connectivity index (χ0v) is 10.2. The first-order valence-corrected chi connectivity index (χ1v) is 5.70. The number of fused-ring (bicyclic) bond motifs is 1. The molecule has 1 amide bonds. The zero-order valence-electron chi connectivity index (χ0n) is 10.2. The minimum atomic E-state index is -0.130. The van der Waals surface area contributed by atoms with Crippen LogP contribution in [0.4, 0.5) is 0 Å². The summed E-state index contributed by atoms with van der Waals surface area (Å²) >= 11 is 0. The van der Waals surface area contributed by atoms with E-state index < -0.39 is 0 Å². The molecular weight excluding hydrogens is 220 g/mol. The molecule has 2 N–H and O–H groups in total. The molecule has 0 fully saturated rings. The average Bonchev–Trinajstić information content (AvgIpc) is 2.70. The maximum Gasteiger partial charge on any atom is 0.243 e. The molecular formula is C11H18N4O2. The van der Waals surface area contributed by atoms with Crippen LogP contribution in [0.5, 0.6) is 0 Å². The lowest BCUT2D eigenvalue weighted by atomic mass is 10.1. The number of aromatic nitrogens is 2. The van der Waals surface area contributed by atoms with Crippen LogP contribution >= 0.6 is 0 Å². The molecule has 0 aliphatic carbocycles. The van der Waals surface area contributed by atoms with Crippen molar-refractivity contribution in [3.8, 4) is 0 Å². The number of nitrogens with zero attached hydrogens (tertiary/aromatic N) is 3. The topological polar surface area (TPSA) is 73.4 Å². The second-order valence-electron chi connectivity index (χ2n) is 4.37. The first-order chi connectivity index (χ1) is 8.11. The summed E-state index contributed by atoms with van der Waals surface area (Å²) in [6.07, 6.45) is 2.62. The van der Waals surface area contributed by atoms with Crippen LogP contribution in [0, 0.1) is 0 Å². The highest BCUT2D eigenvalue weighted by Crippen LogP contribution is 2.24. The molecule has 2 rings (SSSR count). The largest absolute Gasteiger partial charge is 0.370 e. The molecule has 0 radical (unpaired) electrons. The van der Waals surface area contributed by atoms with Crippen molar-refractivity contribution >= 4 is 5.91 Å². The van der Waals surface area contributed by atoms with Gasteiger partial charge in [0.25, 0.3) is 0 Å². The van der Waals surface area contributed by atoms with E-state index >= 15 is 0 Å². The van der Waals surface area contributed by atoms with Crippen molar-refractivity contribution in [2.45, 2.75) is 19.1 Å². The van der Waals surface area contributed by atoms with Gasteiger partial charge in [-0.3, -0.25) is 9.48 Å². The summed E-state index contributed by atoms with van der Waals surface area (Å²) in [6.45, 7) is 1.35. The SMILES string of the molecule is CN(C)C(=O)Cn1cc2c(n1)[C@@H](CN)OCC2. The van der Waals surface area contributed by atoms with Gasteiger partial charge in [0, 0.05) is 26.8 Å². The molecule has 2 heterocycles. The lowest BCUT2D eigenvalue weighted by Crippen LogP contribution is -2.26. The Hall–Kier alpha value is -1.40. The lowest BCUT2D eigenvalue weighted by molar-refractivity contribution is -0.129. The van der Waals surface area contributed by atoms with E-state index in [1.807, 2.05) is 6.20 Å². The first kappa shape index (κ1) is 12.1. The van der Waals surface area contributed by atoms with Gasteiger partial charge in [0.1, 0.15) is 12.6 Å². The minimum absolute atomic E-state index is 0.0232. The summed E-state index contributed by atoms with van der Waals surface area (Å²) in [4.78, 5) is 13.1. The van der Waals surface area contributed by atoms with Crippen LogP contribution in [-0.2, 0) is 22.5 Å². The lowest BCUT2D eigenvalue weighted by Gasteiger charge is -2.19. The second kappa shape index (κ2) is 4.85. The van der Waals surface area contributed by atoms with Gasteiger partial charge in [0.15, 0.2) is 0 Å². The Balaban J connectivity index is 2.16. The van der Waals surface area contributed by atoms with Gasteiger partial charge in [-0.15, -0.1) is 0 Å². The minimum Gasteiger partial charge on any atom is -0.370 e. The summed E-state index contributed by atoms with van der Waals surface area (Å²) in [7, 11) is 3.47. The normalized spacial score (nSPS) is 18.9. The first-order valence-electron chi connectivity index (χ1n) is 5.70. The Morgan fingerprint density at radius 1 is 1.71 bits per heavy atom. The fraction of sp³-hybridized carbons (Fsp3) is 0.636. The maximum atomic E-state index is 11.6. The number of carbonyl (C=O) groups excluding carboxylic acids is 1. The fourth-order valence-corrected chi connectivity index (χ4v) is 1.87.